The molecule has 6 nitrogen and oxygen atoms in total. The van der Waals surface area contributed by atoms with Gasteiger partial charge in [-0.2, -0.15) is 9.61 Å². The fourth-order valence-corrected chi connectivity index (χ4v) is 4.13. The summed E-state index contributed by atoms with van der Waals surface area (Å²) in [6, 6.07) is 8.32. The van der Waals surface area contributed by atoms with Crippen molar-refractivity contribution in [2.75, 3.05) is 13.1 Å². The van der Waals surface area contributed by atoms with Gasteiger partial charge in [-0.1, -0.05) is 50.7 Å². The highest BCUT2D eigenvalue weighted by Gasteiger charge is 2.17. The normalized spacial score (nSPS) is 16.1. The molecule has 3 heterocycles. The van der Waals surface area contributed by atoms with Crippen molar-refractivity contribution in [3.8, 4) is 5.75 Å². The second-order valence-corrected chi connectivity index (χ2v) is 9.25. The van der Waals surface area contributed by atoms with Crippen molar-refractivity contribution < 1.29 is 4.74 Å². The van der Waals surface area contributed by atoms with E-state index in [0.29, 0.717) is 6.61 Å². The molecule has 0 N–H and O–H groups in total. The average Bonchev–Trinajstić information content (AvgIpc) is 3.22. The summed E-state index contributed by atoms with van der Waals surface area (Å²) >= 11 is 1.54. The predicted octanol–water partition coefficient (Wildman–Crippen LogP) is 4.05. The molecule has 144 valence electrons. The van der Waals surface area contributed by atoms with Gasteiger partial charge < -0.3 is 4.74 Å². The highest BCUT2D eigenvalue weighted by molar-refractivity contribution is 7.16. The Kier molecular flexibility index (Phi) is 5.14. The van der Waals surface area contributed by atoms with Crippen molar-refractivity contribution >= 4 is 16.3 Å². The molecule has 0 atom stereocenters. The first kappa shape index (κ1) is 18.4. The van der Waals surface area contributed by atoms with Crippen LogP contribution in [0.1, 0.15) is 56.4 Å². The molecule has 1 aliphatic heterocycles. The molecule has 0 spiro atoms. The minimum Gasteiger partial charge on any atom is -0.486 e. The number of likely N-dealkylation sites (tertiary alicyclic amines) is 1. The molecule has 0 amide bonds. The van der Waals surface area contributed by atoms with Gasteiger partial charge in [-0.05, 0) is 49.0 Å². The molecule has 0 radical (unpaired) electrons. The van der Waals surface area contributed by atoms with E-state index < -0.39 is 0 Å². The van der Waals surface area contributed by atoms with Gasteiger partial charge in [-0.25, -0.2) is 0 Å². The number of ether oxygens (including phenoxy) is 1. The molecule has 0 unspecified atom stereocenters. The van der Waals surface area contributed by atoms with E-state index in [9.17, 15) is 0 Å². The van der Waals surface area contributed by atoms with Crippen molar-refractivity contribution in [3.63, 3.8) is 0 Å². The van der Waals surface area contributed by atoms with Crippen molar-refractivity contribution in [1.82, 2.24) is 24.7 Å². The first-order valence-electron chi connectivity index (χ1n) is 9.65. The second-order valence-electron chi connectivity index (χ2n) is 8.21. The number of hydrogen-bond donors (Lipinski definition) is 0. The van der Waals surface area contributed by atoms with Crippen LogP contribution in [0.25, 0.3) is 4.96 Å². The fourth-order valence-electron chi connectivity index (χ4n) is 3.37. The van der Waals surface area contributed by atoms with Gasteiger partial charge in [0.05, 0.1) is 6.54 Å². The molecule has 1 aliphatic rings. The molecule has 2 aromatic heterocycles. The topological polar surface area (TPSA) is 55.6 Å². The lowest BCUT2D eigenvalue weighted by molar-refractivity contribution is 0.214. The number of piperidine rings is 1. The lowest BCUT2D eigenvalue weighted by Crippen LogP contribution is -2.30. The third-order valence-corrected chi connectivity index (χ3v) is 5.87. The third kappa shape index (κ3) is 4.30. The fraction of sp³-hybridized carbons (Fsp3) is 0.550. The summed E-state index contributed by atoms with van der Waals surface area (Å²) in [5.74, 6) is 1.78. The number of fused-ring (bicyclic) bond motifs is 1. The number of aromatic nitrogens is 4. The first-order chi connectivity index (χ1) is 13.0. The first-order valence-corrected chi connectivity index (χ1v) is 10.5. The van der Waals surface area contributed by atoms with Crippen LogP contribution in [0, 0.1) is 0 Å². The van der Waals surface area contributed by atoms with Crippen LogP contribution in [-0.4, -0.2) is 37.8 Å². The second kappa shape index (κ2) is 7.56. The summed E-state index contributed by atoms with van der Waals surface area (Å²) in [5.41, 5.74) is 1.45. The summed E-state index contributed by atoms with van der Waals surface area (Å²) in [7, 11) is 0. The van der Waals surface area contributed by atoms with Gasteiger partial charge in [0, 0.05) is 0 Å². The van der Waals surface area contributed by atoms with Crippen LogP contribution in [0.3, 0.4) is 0 Å². The molecule has 0 bridgehead atoms. The predicted molar refractivity (Wildman–Crippen MR) is 107 cm³/mol. The number of rotatable bonds is 5. The van der Waals surface area contributed by atoms with E-state index in [2.05, 4.69) is 53.1 Å². The van der Waals surface area contributed by atoms with Crippen molar-refractivity contribution in [3.05, 3.63) is 40.7 Å². The van der Waals surface area contributed by atoms with Gasteiger partial charge in [0.1, 0.15) is 12.4 Å². The van der Waals surface area contributed by atoms with Crippen LogP contribution < -0.4 is 4.74 Å². The van der Waals surface area contributed by atoms with Gasteiger partial charge in [0.15, 0.2) is 10.8 Å². The number of nitrogens with zero attached hydrogens (tertiary/aromatic N) is 5. The average molecular weight is 386 g/mol. The Morgan fingerprint density at radius 2 is 1.78 bits per heavy atom. The zero-order valence-electron chi connectivity index (χ0n) is 16.3. The Morgan fingerprint density at radius 3 is 2.48 bits per heavy atom. The Morgan fingerprint density at radius 1 is 1.04 bits per heavy atom. The zero-order chi connectivity index (χ0) is 18.9. The van der Waals surface area contributed by atoms with Crippen molar-refractivity contribution in [2.24, 2.45) is 0 Å². The van der Waals surface area contributed by atoms with Crippen LogP contribution >= 0.6 is 11.3 Å². The van der Waals surface area contributed by atoms with E-state index >= 15 is 0 Å². The van der Waals surface area contributed by atoms with Crippen LogP contribution in [-0.2, 0) is 18.6 Å². The van der Waals surface area contributed by atoms with E-state index in [1.54, 1.807) is 11.3 Å². The van der Waals surface area contributed by atoms with Crippen LogP contribution in [0.5, 0.6) is 5.75 Å². The molecule has 1 fully saturated rings. The lowest BCUT2D eigenvalue weighted by Gasteiger charge is -2.25. The molecular formula is C20H27N5OS. The summed E-state index contributed by atoms with van der Waals surface area (Å²) in [5, 5.41) is 14.2. The maximum absolute atomic E-state index is 5.92. The Labute approximate surface area is 164 Å². The van der Waals surface area contributed by atoms with E-state index in [4.69, 9.17) is 4.74 Å². The van der Waals surface area contributed by atoms with Crippen LogP contribution in [0.4, 0.5) is 0 Å². The third-order valence-electron chi connectivity index (χ3n) is 4.99. The highest BCUT2D eigenvalue weighted by atomic mass is 32.1. The maximum Gasteiger partial charge on any atom is 0.234 e. The summed E-state index contributed by atoms with van der Waals surface area (Å²) in [6.07, 6.45) is 3.87. The van der Waals surface area contributed by atoms with E-state index in [0.717, 1.165) is 41.2 Å². The molecule has 1 aromatic carbocycles. The van der Waals surface area contributed by atoms with Crippen molar-refractivity contribution in [2.45, 2.75) is 58.6 Å². The zero-order valence-corrected chi connectivity index (χ0v) is 17.1. The smallest absolute Gasteiger partial charge is 0.234 e. The maximum atomic E-state index is 5.92. The molecule has 3 aromatic rings. The molecule has 27 heavy (non-hydrogen) atoms. The van der Waals surface area contributed by atoms with Crippen LogP contribution in [0.15, 0.2) is 24.3 Å². The number of hydrogen-bond acceptors (Lipinski definition) is 6. The lowest BCUT2D eigenvalue weighted by atomic mass is 9.87. The number of benzene rings is 1. The van der Waals surface area contributed by atoms with Crippen LogP contribution in [0.2, 0.25) is 0 Å². The van der Waals surface area contributed by atoms with Gasteiger partial charge in [0.25, 0.3) is 0 Å². The van der Waals surface area contributed by atoms with E-state index in [-0.39, 0.29) is 5.41 Å². The summed E-state index contributed by atoms with van der Waals surface area (Å²) in [6.45, 7) is 10.2. The van der Waals surface area contributed by atoms with Gasteiger partial charge >= 0.3 is 0 Å². The highest BCUT2D eigenvalue weighted by Crippen LogP contribution is 2.25. The Balaban J connectivity index is 1.40. The molecular weight excluding hydrogens is 358 g/mol. The van der Waals surface area contributed by atoms with Crippen molar-refractivity contribution in [1.29, 1.82) is 0 Å². The van der Waals surface area contributed by atoms with E-state index in [1.807, 2.05) is 16.6 Å². The van der Waals surface area contributed by atoms with Gasteiger partial charge in [-0.15, -0.1) is 10.2 Å². The minimum atomic E-state index is 0.150. The Hall–Kier alpha value is -1.99. The Bertz CT molecular complexity index is 887. The standard InChI is InChI=1S/C20H27N5OS/c1-20(2,3)15-7-9-16(10-8-15)26-14-18-23-25-17(21-22-19(25)27-18)13-24-11-5-4-6-12-24/h7-10H,4-6,11-14H2,1-3H3. The molecule has 4 rings (SSSR count). The minimum absolute atomic E-state index is 0.150. The SMILES string of the molecule is CC(C)(C)c1ccc(OCc2nn3c(CN4CCCCC4)nnc3s2)cc1. The van der Waals surface area contributed by atoms with E-state index in [1.165, 1.54) is 24.8 Å². The molecule has 0 saturated carbocycles. The molecule has 0 aliphatic carbocycles. The monoisotopic (exact) mass is 385 g/mol. The largest absolute Gasteiger partial charge is 0.486 e. The van der Waals surface area contributed by atoms with Gasteiger partial charge in [0.2, 0.25) is 4.96 Å². The quantitative estimate of drug-likeness (QED) is 0.663. The summed E-state index contributed by atoms with van der Waals surface area (Å²) in [4.78, 5) is 3.27. The van der Waals surface area contributed by atoms with Gasteiger partial charge in [-0.3, -0.25) is 4.90 Å². The summed E-state index contributed by atoms with van der Waals surface area (Å²) < 4.78 is 7.80. The molecule has 1 saturated heterocycles. The molecule has 7 heteroatoms.